The Labute approximate surface area is 197 Å². The molecule has 0 aliphatic heterocycles. The van der Waals surface area contributed by atoms with Gasteiger partial charge in [0.2, 0.25) is 0 Å². The van der Waals surface area contributed by atoms with Crippen LogP contribution >= 0.6 is 11.6 Å². The van der Waals surface area contributed by atoms with E-state index in [1.165, 1.54) is 37.6 Å². The molecule has 11 heteroatoms. The van der Waals surface area contributed by atoms with Gasteiger partial charge < -0.3 is 20.1 Å². The molecule has 0 saturated carbocycles. The third kappa shape index (κ3) is 6.16. The van der Waals surface area contributed by atoms with Crippen molar-refractivity contribution in [3.8, 4) is 5.75 Å². The van der Waals surface area contributed by atoms with Gasteiger partial charge in [0.25, 0.3) is 5.91 Å². The van der Waals surface area contributed by atoms with Crippen molar-refractivity contribution in [2.45, 2.75) is 13.1 Å². The molecule has 1 aromatic heterocycles. The van der Waals surface area contributed by atoms with E-state index in [-0.39, 0.29) is 17.1 Å². The molecule has 0 aliphatic carbocycles. The quantitative estimate of drug-likeness (QED) is 0.416. The Morgan fingerprint density at radius 3 is 2.59 bits per heavy atom. The summed E-state index contributed by atoms with van der Waals surface area (Å²) >= 11 is 6.05. The van der Waals surface area contributed by atoms with E-state index in [1.807, 2.05) is 0 Å². The summed E-state index contributed by atoms with van der Waals surface area (Å²) in [5, 5.41) is 5.71. The molecule has 1 amide bonds. The Balaban J connectivity index is 1.69. The Morgan fingerprint density at radius 2 is 1.88 bits per heavy atom. The summed E-state index contributed by atoms with van der Waals surface area (Å²) in [5.74, 6) is -1.22. The van der Waals surface area contributed by atoms with Gasteiger partial charge in [-0.05, 0) is 48.9 Å². The van der Waals surface area contributed by atoms with Gasteiger partial charge in [-0.2, -0.15) is 13.2 Å². The van der Waals surface area contributed by atoms with Gasteiger partial charge in [0, 0.05) is 23.0 Å². The van der Waals surface area contributed by atoms with E-state index >= 15 is 0 Å². The van der Waals surface area contributed by atoms with Gasteiger partial charge in [0.15, 0.2) is 6.61 Å². The Bertz CT molecular complexity index is 1220. The second-order valence-electron chi connectivity index (χ2n) is 7.03. The zero-order valence-electron chi connectivity index (χ0n) is 18.0. The topological polar surface area (TPSA) is 89.5 Å². The predicted molar refractivity (Wildman–Crippen MR) is 121 cm³/mol. The van der Waals surface area contributed by atoms with Crippen LogP contribution in [0.3, 0.4) is 0 Å². The number of nitrogens with zero attached hydrogens (tertiary/aromatic N) is 1. The number of pyridine rings is 1. The minimum Gasteiger partial charge on any atom is -0.495 e. The fourth-order valence-corrected chi connectivity index (χ4v) is 3.06. The number of rotatable bonds is 7. The Hall–Kier alpha value is -3.79. The van der Waals surface area contributed by atoms with Crippen LogP contribution in [-0.4, -0.2) is 30.6 Å². The number of ether oxygens (including phenoxy) is 2. The number of amides is 1. The maximum Gasteiger partial charge on any atom is 0.416 e. The van der Waals surface area contributed by atoms with Gasteiger partial charge in [-0.3, -0.25) is 4.79 Å². The Morgan fingerprint density at radius 1 is 1.12 bits per heavy atom. The molecule has 0 radical (unpaired) electrons. The molecule has 2 N–H and O–H groups in total. The lowest BCUT2D eigenvalue weighted by Gasteiger charge is -2.14. The number of hydrogen-bond acceptors (Lipinski definition) is 6. The van der Waals surface area contributed by atoms with Gasteiger partial charge in [-0.15, -0.1) is 0 Å². The van der Waals surface area contributed by atoms with Crippen LogP contribution in [0.1, 0.15) is 21.5 Å². The third-order valence-corrected chi connectivity index (χ3v) is 4.98. The number of carbonyl (C=O) groups excluding carboxylic acids is 2. The number of aryl methyl sites for hydroxylation is 1. The fraction of sp³-hybridized carbons (Fsp3) is 0.174. The van der Waals surface area contributed by atoms with E-state index in [4.69, 9.17) is 21.1 Å². The molecule has 0 fully saturated rings. The molecule has 0 unspecified atom stereocenters. The summed E-state index contributed by atoms with van der Waals surface area (Å²) in [7, 11) is 1.41. The molecule has 34 heavy (non-hydrogen) atoms. The molecule has 1 heterocycles. The lowest BCUT2D eigenvalue weighted by Crippen LogP contribution is -2.21. The minimum atomic E-state index is -4.53. The van der Waals surface area contributed by atoms with Crippen LogP contribution in [0, 0.1) is 6.92 Å². The van der Waals surface area contributed by atoms with Crippen molar-refractivity contribution in [3.63, 3.8) is 0 Å². The second-order valence-corrected chi connectivity index (χ2v) is 7.44. The van der Waals surface area contributed by atoms with Crippen LogP contribution in [0.4, 0.5) is 30.4 Å². The number of halogens is 4. The molecule has 7 nitrogen and oxygen atoms in total. The van der Waals surface area contributed by atoms with Crippen molar-refractivity contribution in [2.75, 3.05) is 24.4 Å². The predicted octanol–water partition coefficient (Wildman–Crippen LogP) is 5.61. The third-order valence-electron chi connectivity index (χ3n) is 4.57. The standard InChI is InChI=1S/C23H19ClF3N3O4/c1-13-9-18(19(33-2)11-17(13)24)30-20(31)12-34-22(32)16-7-4-8-28-21(16)29-15-6-3-5-14(10-15)23(25,26)27/h3-11H,12H2,1-2H3,(H,28,29)(H,30,31). The van der Waals surface area contributed by atoms with Gasteiger partial charge in [-0.25, -0.2) is 9.78 Å². The maximum atomic E-state index is 13.0. The molecule has 0 atom stereocenters. The van der Waals surface area contributed by atoms with Crippen molar-refractivity contribution < 1.29 is 32.2 Å². The average Bonchev–Trinajstić information content (AvgIpc) is 2.79. The highest BCUT2D eigenvalue weighted by molar-refractivity contribution is 6.31. The largest absolute Gasteiger partial charge is 0.495 e. The van der Waals surface area contributed by atoms with Crippen molar-refractivity contribution in [3.05, 3.63) is 76.4 Å². The van der Waals surface area contributed by atoms with E-state index in [0.717, 1.165) is 12.1 Å². The van der Waals surface area contributed by atoms with Crippen LogP contribution in [0.25, 0.3) is 0 Å². The smallest absolute Gasteiger partial charge is 0.416 e. The molecular weight excluding hydrogens is 475 g/mol. The summed E-state index contributed by atoms with van der Waals surface area (Å²) in [4.78, 5) is 28.9. The second kappa shape index (κ2) is 10.4. The molecule has 2 aromatic carbocycles. The van der Waals surface area contributed by atoms with E-state index in [1.54, 1.807) is 19.1 Å². The van der Waals surface area contributed by atoms with E-state index in [9.17, 15) is 22.8 Å². The van der Waals surface area contributed by atoms with E-state index in [0.29, 0.717) is 22.0 Å². The molecule has 178 valence electrons. The maximum absolute atomic E-state index is 13.0. The molecule has 0 spiro atoms. The first kappa shape index (κ1) is 24.8. The van der Waals surface area contributed by atoms with Crippen LogP contribution in [-0.2, 0) is 15.7 Å². The van der Waals surface area contributed by atoms with E-state index in [2.05, 4.69) is 15.6 Å². The lowest BCUT2D eigenvalue weighted by molar-refractivity contribution is -0.137. The first-order chi connectivity index (χ1) is 16.1. The summed E-state index contributed by atoms with van der Waals surface area (Å²) < 4.78 is 49.2. The highest BCUT2D eigenvalue weighted by Gasteiger charge is 2.30. The number of alkyl halides is 3. The molecule has 3 aromatic rings. The molecular formula is C23H19ClF3N3O4. The molecule has 0 saturated heterocycles. The van der Waals surface area contributed by atoms with Crippen LogP contribution in [0.5, 0.6) is 5.75 Å². The monoisotopic (exact) mass is 493 g/mol. The normalized spacial score (nSPS) is 11.0. The zero-order chi connectivity index (χ0) is 24.9. The summed E-state index contributed by atoms with van der Waals surface area (Å²) in [6.07, 6.45) is -3.17. The first-order valence-corrected chi connectivity index (χ1v) is 10.2. The van der Waals surface area contributed by atoms with Gasteiger partial charge in [0.05, 0.1) is 18.4 Å². The highest BCUT2D eigenvalue weighted by atomic mass is 35.5. The number of anilines is 3. The van der Waals surface area contributed by atoms with Crippen LogP contribution < -0.4 is 15.4 Å². The first-order valence-electron chi connectivity index (χ1n) is 9.79. The van der Waals surface area contributed by atoms with Gasteiger partial charge in [0.1, 0.15) is 17.1 Å². The fourth-order valence-electron chi connectivity index (χ4n) is 2.90. The molecule has 3 rings (SSSR count). The summed E-state index contributed by atoms with van der Waals surface area (Å²) in [5.41, 5.74) is 0.203. The average molecular weight is 494 g/mol. The number of aromatic nitrogens is 1. The summed E-state index contributed by atoms with van der Waals surface area (Å²) in [6, 6.07) is 10.4. The van der Waals surface area contributed by atoms with Crippen molar-refractivity contribution in [1.29, 1.82) is 0 Å². The SMILES string of the molecule is COc1cc(Cl)c(C)cc1NC(=O)COC(=O)c1cccnc1Nc1cccc(C(F)(F)F)c1. The lowest BCUT2D eigenvalue weighted by atomic mass is 10.2. The molecule has 0 bridgehead atoms. The van der Waals surface area contributed by atoms with Crippen molar-refractivity contribution in [1.82, 2.24) is 4.98 Å². The Kier molecular flexibility index (Phi) is 7.62. The van der Waals surface area contributed by atoms with E-state index < -0.39 is 30.2 Å². The zero-order valence-corrected chi connectivity index (χ0v) is 18.8. The number of esters is 1. The van der Waals surface area contributed by atoms with Crippen molar-refractivity contribution >= 4 is 40.7 Å². The minimum absolute atomic E-state index is 0.0257. The number of carbonyl (C=O) groups is 2. The molecule has 0 aliphatic rings. The van der Waals surface area contributed by atoms with Crippen LogP contribution in [0.15, 0.2) is 54.7 Å². The number of methoxy groups -OCH3 is 1. The number of hydrogen-bond donors (Lipinski definition) is 2. The van der Waals surface area contributed by atoms with Crippen LogP contribution in [0.2, 0.25) is 5.02 Å². The van der Waals surface area contributed by atoms with Crippen molar-refractivity contribution in [2.24, 2.45) is 0 Å². The highest BCUT2D eigenvalue weighted by Crippen LogP contribution is 2.32. The number of nitrogens with one attached hydrogen (secondary N) is 2. The van der Waals surface area contributed by atoms with Gasteiger partial charge in [-0.1, -0.05) is 17.7 Å². The number of benzene rings is 2. The summed E-state index contributed by atoms with van der Waals surface area (Å²) in [6.45, 7) is 1.13. The van der Waals surface area contributed by atoms with Gasteiger partial charge >= 0.3 is 12.1 Å².